The molecule has 0 unspecified atom stereocenters. The lowest BCUT2D eigenvalue weighted by molar-refractivity contribution is -0.113. The first-order valence-corrected chi connectivity index (χ1v) is 7.19. The summed E-state index contributed by atoms with van der Waals surface area (Å²) in [6, 6.07) is 12.0. The topological polar surface area (TPSA) is 61.6 Å². The molecular weight excluding hydrogens is 286 g/mol. The third-order valence-corrected chi connectivity index (χ3v) is 4.01. The number of nitrogens with two attached hydrogens (primary N) is 1. The molecule has 2 N–H and O–H groups in total. The number of ether oxygens (including phenoxy) is 2. The van der Waals surface area contributed by atoms with Gasteiger partial charge in [-0.15, -0.1) is 11.3 Å². The van der Waals surface area contributed by atoms with E-state index in [1.54, 1.807) is 31.6 Å². The van der Waals surface area contributed by atoms with E-state index in [1.807, 2.05) is 36.4 Å². The smallest absolute Gasteiger partial charge is 0.241 e. The van der Waals surface area contributed by atoms with Gasteiger partial charge >= 0.3 is 0 Å². The maximum Gasteiger partial charge on any atom is 0.241 e. The Morgan fingerprint density at radius 3 is 2.67 bits per heavy atom. The van der Waals surface area contributed by atoms with Crippen LogP contribution in [0.15, 0.2) is 42.5 Å². The van der Waals surface area contributed by atoms with Gasteiger partial charge in [-0.2, -0.15) is 0 Å². The summed E-state index contributed by atoms with van der Waals surface area (Å²) in [7, 11) is 3.22. The first-order valence-electron chi connectivity index (χ1n) is 6.37. The maximum absolute atomic E-state index is 10.7. The molecule has 0 aliphatic carbocycles. The molecule has 0 atom stereocenters. The van der Waals surface area contributed by atoms with E-state index in [0.29, 0.717) is 0 Å². The van der Waals surface area contributed by atoms with Gasteiger partial charge in [-0.25, -0.2) is 0 Å². The van der Waals surface area contributed by atoms with E-state index in [2.05, 4.69) is 0 Å². The molecule has 1 heterocycles. The Morgan fingerprint density at radius 1 is 1.24 bits per heavy atom. The number of benzene rings is 1. The van der Waals surface area contributed by atoms with Crippen molar-refractivity contribution in [2.45, 2.75) is 6.29 Å². The van der Waals surface area contributed by atoms with Gasteiger partial charge in [0.25, 0.3) is 0 Å². The molecule has 4 nitrogen and oxygen atoms in total. The number of carbonyl (C=O) groups is 1. The summed E-state index contributed by atoms with van der Waals surface area (Å²) in [4.78, 5) is 12.8. The van der Waals surface area contributed by atoms with E-state index in [1.165, 1.54) is 6.08 Å². The molecule has 0 saturated carbocycles. The van der Waals surface area contributed by atoms with Gasteiger partial charge in [-0.05, 0) is 29.8 Å². The van der Waals surface area contributed by atoms with Crippen molar-refractivity contribution in [1.29, 1.82) is 0 Å². The van der Waals surface area contributed by atoms with Crippen LogP contribution in [0.4, 0.5) is 0 Å². The minimum atomic E-state index is -0.449. The number of carbonyl (C=O) groups excluding carboxylic acids is 1. The number of thiophene rings is 1. The van der Waals surface area contributed by atoms with Gasteiger partial charge in [-0.1, -0.05) is 18.2 Å². The average Bonchev–Trinajstić information content (AvgIpc) is 2.96. The largest absolute Gasteiger partial charge is 0.366 e. The normalized spacial score (nSPS) is 11.4. The van der Waals surface area contributed by atoms with Gasteiger partial charge in [0.15, 0.2) is 6.29 Å². The summed E-state index contributed by atoms with van der Waals surface area (Å²) in [6.45, 7) is 0. The lowest BCUT2D eigenvalue weighted by atomic mass is 10.1. The second-order valence-corrected chi connectivity index (χ2v) is 5.48. The molecule has 110 valence electrons. The quantitative estimate of drug-likeness (QED) is 0.658. The fourth-order valence-electron chi connectivity index (χ4n) is 1.97. The van der Waals surface area contributed by atoms with E-state index in [-0.39, 0.29) is 6.29 Å². The van der Waals surface area contributed by atoms with Crippen LogP contribution in [0.5, 0.6) is 0 Å². The SMILES string of the molecule is COC(OC)c1cccc(-c2ccc(/C=C\C(N)=O)s2)c1. The van der Waals surface area contributed by atoms with Gasteiger partial charge in [0.1, 0.15) is 0 Å². The van der Waals surface area contributed by atoms with Gasteiger partial charge in [-0.3, -0.25) is 4.79 Å². The Bertz CT molecular complexity index is 644. The molecule has 1 amide bonds. The zero-order valence-electron chi connectivity index (χ0n) is 11.9. The Labute approximate surface area is 127 Å². The predicted octanol–water partition coefficient (Wildman–Crippen LogP) is 3.21. The summed E-state index contributed by atoms with van der Waals surface area (Å²) in [5.74, 6) is -0.449. The third-order valence-electron chi connectivity index (χ3n) is 2.91. The summed E-state index contributed by atoms with van der Waals surface area (Å²) in [6.07, 6.45) is 2.70. The highest BCUT2D eigenvalue weighted by Crippen LogP contribution is 2.31. The van der Waals surface area contributed by atoms with Crippen molar-refractivity contribution in [3.8, 4) is 10.4 Å². The Kier molecular flexibility index (Phi) is 5.27. The van der Waals surface area contributed by atoms with Gasteiger partial charge in [0.2, 0.25) is 5.91 Å². The molecule has 1 aromatic heterocycles. The second kappa shape index (κ2) is 7.17. The number of methoxy groups -OCH3 is 2. The summed E-state index contributed by atoms with van der Waals surface area (Å²) >= 11 is 1.59. The van der Waals surface area contributed by atoms with Crippen LogP contribution in [0.2, 0.25) is 0 Å². The number of rotatable bonds is 6. The van der Waals surface area contributed by atoms with Crippen LogP contribution in [0.3, 0.4) is 0 Å². The maximum atomic E-state index is 10.7. The summed E-state index contributed by atoms with van der Waals surface area (Å²) in [5, 5.41) is 0. The molecule has 21 heavy (non-hydrogen) atoms. The van der Waals surface area contributed by atoms with Gasteiger partial charge in [0.05, 0.1) is 0 Å². The molecule has 0 saturated heterocycles. The highest BCUT2D eigenvalue weighted by molar-refractivity contribution is 7.16. The molecule has 0 aliphatic rings. The van der Waals surface area contributed by atoms with Crippen molar-refractivity contribution >= 4 is 23.3 Å². The molecule has 0 aliphatic heterocycles. The highest BCUT2D eigenvalue weighted by atomic mass is 32.1. The summed E-state index contributed by atoms with van der Waals surface area (Å²) < 4.78 is 10.5. The van der Waals surface area contributed by atoms with Crippen LogP contribution >= 0.6 is 11.3 Å². The molecule has 0 fully saturated rings. The molecule has 1 aromatic carbocycles. The van der Waals surface area contributed by atoms with E-state index >= 15 is 0 Å². The first-order chi connectivity index (χ1) is 10.1. The van der Waals surface area contributed by atoms with Crippen molar-refractivity contribution < 1.29 is 14.3 Å². The lowest BCUT2D eigenvalue weighted by Gasteiger charge is -2.14. The molecular formula is C16H17NO3S. The Morgan fingerprint density at radius 2 is 2.00 bits per heavy atom. The predicted molar refractivity (Wildman–Crippen MR) is 84.7 cm³/mol. The fraction of sp³-hybridized carbons (Fsp3) is 0.188. The molecule has 2 aromatic rings. The summed E-state index contributed by atoms with van der Waals surface area (Å²) in [5.41, 5.74) is 7.13. The lowest BCUT2D eigenvalue weighted by Crippen LogP contribution is -2.04. The standard InChI is InChI=1S/C16H17NO3S/c1-19-16(20-2)12-5-3-4-11(10-12)14-8-6-13(21-14)7-9-15(17)18/h3-10,16H,1-2H3,(H2,17,18)/b9-7-. The van der Waals surface area contributed by atoms with Gasteiger partial charge in [0, 0.05) is 35.6 Å². The zero-order chi connectivity index (χ0) is 15.2. The number of hydrogen-bond acceptors (Lipinski definition) is 4. The van der Waals surface area contributed by atoms with E-state index < -0.39 is 5.91 Å². The molecule has 0 radical (unpaired) electrons. The van der Waals surface area contributed by atoms with Crippen molar-refractivity contribution in [3.63, 3.8) is 0 Å². The molecule has 5 heteroatoms. The molecule has 2 rings (SSSR count). The fourth-order valence-corrected chi connectivity index (χ4v) is 2.88. The number of hydrogen-bond donors (Lipinski definition) is 1. The van der Waals surface area contributed by atoms with Gasteiger partial charge < -0.3 is 15.2 Å². The Hall–Kier alpha value is -1.95. The van der Waals surface area contributed by atoms with Crippen molar-refractivity contribution in [2.75, 3.05) is 14.2 Å². The van der Waals surface area contributed by atoms with Crippen LogP contribution in [0, 0.1) is 0 Å². The van der Waals surface area contributed by atoms with Crippen molar-refractivity contribution in [1.82, 2.24) is 0 Å². The first kappa shape index (κ1) is 15.4. The zero-order valence-corrected chi connectivity index (χ0v) is 12.7. The van der Waals surface area contributed by atoms with Crippen LogP contribution in [-0.4, -0.2) is 20.1 Å². The van der Waals surface area contributed by atoms with E-state index in [4.69, 9.17) is 15.2 Å². The van der Waals surface area contributed by atoms with Crippen molar-refractivity contribution in [2.24, 2.45) is 5.73 Å². The number of amides is 1. The number of primary amides is 1. The van der Waals surface area contributed by atoms with Crippen molar-refractivity contribution in [3.05, 3.63) is 52.9 Å². The van der Waals surface area contributed by atoms with Crippen LogP contribution < -0.4 is 5.73 Å². The van der Waals surface area contributed by atoms with Crippen LogP contribution in [0.25, 0.3) is 16.5 Å². The molecule has 0 spiro atoms. The molecule has 0 bridgehead atoms. The van der Waals surface area contributed by atoms with Crippen LogP contribution in [-0.2, 0) is 14.3 Å². The van der Waals surface area contributed by atoms with E-state index in [9.17, 15) is 4.79 Å². The third kappa shape index (κ3) is 4.01. The minimum Gasteiger partial charge on any atom is -0.366 e. The minimum absolute atomic E-state index is 0.376. The van der Waals surface area contributed by atoms with Crippen LogP contribution in [0.1, 0.15) is 16.7 Å². The average molecular weight is 303 g/mol. The highest BCUT2D eigenvalue weighted by Gasteiger charge is 2.10. The second-order valence-electron chi connectivity index (χ2n) is 4.37. The Balaban J connectivity index is 2.26. The van der Waals surface area contributed by atoms with E-state index in [0.717, 1.165) is 20.9 Å². The monoisotopic (exact) mass is 303 g/mol.